The van der Waals surface area contributed by atoms with Gasteiger partial charge in [0.1, 0.15) is 0 Å². The molecule has 7 heteroatoms. The van der Waals surface area contributed by atoms with Crippen molar-refractivity contribution < 1.29 is 18.1 Å². The van der Waals surface area contributed by atoms with E-state index in [9.17, 15) is 8.42 Å². The molecule has 0 unspecified atom stereocenters. The van der Waals surface area contributed by atoms with Crippen LogP contribution in [0.4, 0.5) is 0 Å². The molecule has 0 bridgehead atoms. The van der Waals surface area contributed by atoms with Crippen LogP contribution in [0.25, 0.3) is 0 Å². The van der Waals surface area contributed by atoms with Crippen LogP contribution in [0.3, 0.4) is 0 Å². The summed E-state index contributed by atoms with van der Waals surface area (Å²) in [5, 5.41) is 0. The maximum atomic E-state index is 11.9. The van der Waals surface area contributed by atoms with E-state index < -0.39 is 10.1 Å². The van der Waals surface area contributed by atoms with E-state index in [1.54, 1.807) is 30.3 Å². The summed E-state index contributed by atoms with van der Waals surface area (Å²) in [5.74, 6) is 0. The van der Waals surface area contributed by atoms with Crippen LogP contribution >= 0.6 is 0 Å². The molecule has 0 radical (unpaired) electrons. The van der Waals surface area contributed by atoms with E-state index in [0.717, 1.165) is 12.8 Å². The van der Waals surface area contributed by atoms with Gasteiger partial charge in [-0.25, -0.2) is 0 Å². The van der Waals surface area contributed by atoms with Gasteiger partial charge in [-0.1, -0.05) is 82.9 Å². The van der Waals surface area contributed by atoms with Gasteiger partial charge in [0.05, 0.1) is 11.5 Å². The summed E-state index contributed by atoms with van der Waals surface area (Å²) in [7, 11) is -3.57. The van der Waals surface area contributed by atoms with Crippen LogP contribution in [0.1, 0.15) is 71.1 Å². The Labute approximate surface area is 198 Å². The fourth-order valence-corrected chi connectivity index (χ4v) is 3.38. The fourth-order valence-electron chi connectivity index (χ4n) is 2.41. The van der Waals surface area contributed by atoms with E-state index in [0.29, 0.717) is 0 Å². The Bertz CT molecular complexity index is 481. The van der Waals surface area contributed by atoms with E-state index >= 15 is 0 Å². The minimum atomic E-state index is -3.57. The second kappa shape index (κ2) is 19.8. The Hall–Kier alpha value is 1.09. The van der Waals surface area contributed by atoms with Crippen LogP contribution < -0.4 is 0 Å². The Morgan fingerprint density at radius 3 is 1.68 bits per heavy atom. The van der Waals surface area contributed by atoms with Gasteiger partial charge in [-0.3, -0.25) is 4.18 Å². The van der Waals surface area contributed by atoms with Gasteiger partial charge in [0.2, 0.25) is 0 Å². The molecule has 4 nitrogen and oxygen atoms in total. The average Bonchev–Trinajstić information content (AvgIpc) is 2.53. The Morgan fingerprint density at radius 1 is 0.760 bits per heavy atom. The number of rotatable bonds is 13. The average molecular weight is 393 g/mol. The van der Waals surface area contributed by atoms with Crippen LogP contribution in [0.2, 0.25) is 0 Å². The van der Waals surface area contributed by atoms with Gasteiger partial charge >= 0.3 is 59.1 Å². The van der Waals surface area contributed by atoms with Crippen LogP contribution in [0.5, 0.6) is 0 Å². The van der Waals surface area contributed by atoms with Crippen molar-refractivity contribution in [3.63, 3.8) is 0 Å². The summed E-state index contributed by atoms with van der Waals surface area (Å²) in [6, 6.07) is 8.33. The maximum absolute atomic E-state index is 11.9. The van der Waals surface area contributed by atoms with E-state index in [-0.39, 0.29) is 76.1 Å². The van der Waals surface area contributed by atoms with Crippen molar-refractivity contribution in [1.82, 2.24) is 0 Å². The first-order valence-corrected chi connectivity index (χ1v) is 10.0. The summed E-state index contributed by atoms with van der Waals surface area (Å²) in [4.78, 5) is 0.238. The predicted octanol–water partition coefficient (Wildman–Crippen LogP) is 3.19. The molecule has 0 saturated carbocycles. The second-order valence-corrected chi connectivity index (χ2v) is 7.39. The third kappa shape index (κ3) is 15.8. The third-order valence-corrected chi connectivity index (χ3v) is 5.09. The molecule has 0 aliphatic carbocycles. The first-order chi connectivity index (χ1) is 10.7. The van der Waals surface area contributed by atoms with Gasteiger partial charge in [-0.2, -0.15) is 8.42 Å². The monoisotopic (exact) mass is 392 g/mol. The molecule has 1 rings (SSSR count). The normalized spacial score (nSPS) is 10.3. The summed E-state index contributed by atoms with van der Waals surface area (Å²) < 4.78 is 28.8. The molecule has 0 spiro atoms. The molecule has 0 aliphatic heterocycles. The van der Waals surface area contributed by atoms with Crippen molar-refractivity contribution in [2.45, 2.75) is 76.0 Å². The van der Waals surface area contributed by atoms with Crippen molar-refractivity contribution in [2.75, 3.05) is 6.61 Å². The van der Waals surface area contributed by atoms with E-state index in [1.807, 2.05) is 0 Å². The molecule has 0 aromatic heterocycles. The van der Waals surface area contributed by atoms with Gasteiger partial charge < -0.3 is 5.48 Å². The molecule has 1 aromatic rings. The molecule has 138 valence electrons. The standard InChI is InChI=1S/C18H30O3S.2Na.H2O.2H/c1-2-3-4-5-6-7-8-9-10-14-17-21-22(19,20)18-15-12-11-13-16-18;;;;;/h11-13,15-16H,2-10,14,17H2,1H3;;;1H2;;. The van der Waals surface area contributed by atoms with Crippen molar-refractivity contribution in [1.29, 1.82) is 0 Å². The van der Waals surface area contributed by atoms with Crippen LogP contribution in [0.15, 0.2) is 35.2 Å². The zero-order valence-corrected chi connectivity index (χ0v) is 15.1. The molecule has 2 N–H and O–H groups in total. The van der Waals surface area contributed by atoms with Crippen molar-refractivity contribution in [3.05, 3.63) is 30.3 Å². The molecular weight excluding hydrogens is 358 g/mol. The zero-order chi connectivity index (χ0) is 16.1. The fraction of sp³-hybridized carbons (Fsp3) is 0.667. The molecular formula is C18H34Na2O4S. The molecule has 0 atom stereocenters. The predicted molar refractivity (Wildman–Crippen MR) is 109 cm³/mol. The second-order valence-electron chi connectivity index (χ2n) is 5.77. The minimum absolute atomic E-state index is 0. The Balaban J connectivity index is -0.00000161. The van der Waals surface area contributed by atoms with E-state index in [2.05, 4.69) is 6.92 Å². The van der Waals surface area contributed by atoms with E-state index in [4.69, 9.17) is 4.18 Å². The molecule has 25 heavy (non-hydrogen) atoms. The number of hydrogen-bond acceptors (Lipinski definition) is 3. The van der Waals surface area contributed by atoms with Crippen molar-refractivity contribution in [3.8, 4) is 0 Å². The molecule has 0 amide bonds. The Morgan fingerprint density at radius 2 is 1.20 bits per heavy atom. The first-order valence-electron chi connectivity index (χ1n) is 8.61. The number of unbranched alkanes of at least 4 members (excludes halogenated alkanes) is 9. The summed E-state index contributed by atoms with van der Waals surface area (Å²) in [6.07, 6.45) is 12.3. The van der Waals surface area contributed by atoms with Gasteiger partial charge in [0, 0.05) is 0 Å². The van der Waals surface area contributed by atoms with Crippen molar-refractivity contribution in [2.24, 2.45) is 0 Å². The van der Waals surface area contributed by atoms with Crippen LogP contribution in [-0.2, 0) is 14.3 Å². The van der Waals surface area contributed by atoms with Gasteiger partial charge in [-0.15, -0.1) is 0 Å². The number of benzene rings is 1. The number of hydrogen-bond donors (Lipinski definition) is 0. The van der Waals surface area contributed by atoms with Gasteiger partial charge in [0.15, 0.2) is 0 Å². The van der Waals surface area contributed by atoms with Gasteiger partial charge in [0.25, 0.3) is 10.1 Å². The molecule has 0 aliphatic rings. The molecule has 0 saturated heterocycles. The van der Waals surface area contributed by atoms with Gasteiger partial charge in [-0.05, 0) is 18.6 Å². The topological polar surface area (TPSA) is 74.9 Å². The van der Waals surface area contributed by atoms with Crippen LogP contribution in [-0.4, -0.2) is 79.6 Å². The molecule has 1 aromatic carbocycles. The first kappa shape index (κ1) is 30.8. The van der Waals surface area contributed by atoms with Crippen LogP contribution in [0, 0.1) is 0 Å². The summed E-state index contributed by atoms with van der Waals surface area (Å²) in [5.41, 5.74) is 0. The van der Waals surface area contributed by atoms with Crippen molar-refractivity contribution >= 4 is 69.2 Å². The quantitative estimate of drug-likeness (QED) is 0.294. The Kier molecular flexibility index (Phi) is 24.4. The summed E-state index contributed by atoms with van der Waals surface area (Å²) in [6.45, 7) is 2.52. The summed E-state index contributed by atoms with van der Waals surface area (Å²) >= 11 is 0. The molecule has 0 fully saturated rings. The third-order valence-electron chi connectivity index (χ3n) is 3.77. The van der Waals surface area contributed by atoms with E-state index in [1.165, 1.54) is 51.4 Å². The zero-order valence-electron chi connectivity index (χ0n) is 14.3. The SMILES string of the molecule is CCCCCCCCCCCCOS(=O)(=O)c1ccccc1.O.[NaH].[NaH]. The molecule has 0 heterocycles.